The number of nitrogens with one attached hydrogen (secondary N) is 1. The Morgan fingerprint density at radius 2 is 2.06 bits per heavy atom. The molecule has 1 aromatic carbocycles. The van der Waals surface area contributed by atoms with Crippen LogP contribution in [0.5, 0.6) is 0 Å². The Morgan fingerprint density at radius 3 is 2.75 bits per heavy atom. The van der Waals surface area contributed by atoms with Crippen molar-refractivity contribution in [3.8, 4) is 0 Å². The van der Waals surface area contributed by atoms with Gasteiger partial charge in [0.15, 0.2) is 0 Å². The van der Waals surface area contributed by atoms with Gasteiger partial charge in [0.25, 0.3) is 0 Å². The van der Waals surface area contributed by atoms with Crippen LogP contribution in [-0.2, 0) is 16.0 Å². The highest BCUT2D eigenvalue weighted by molar-refractivity contribution is 5.71. The van der Waals surface area contributed by atoms with E-state index in [2.05, 4.69) is 17.4 Å². The molecular weight excluding hydrogens is 202 g/mol. The fourth-order valence-electron chi connectivity index (χ4n) is 1.39. The van der Waals surface area contributed by atoms with Crippen molar-refractivity contribution >= 4 is 5.97 Å². The Kier molecular flexibility index (Phi) is 6.26. The van der Waals surface area contributed by atoms with Gasteiger partial charge in [0.2, 0.25) is 0 Å². The molecule has 16 heavy (non-hydrogen) atoms. The van der Waals surface area contributed by atoms with Gasteiger partial charge in [-0.2, -0.15) is 0 Å². The highest BCUT2D eigenvalue weighted by Gasteiger charge is 2.00. The van der Waals surface area contributed by atoms with Crippen LogP contribution in [0.1, 0.15) is 18.9 Å². The first kappa shape index (κ1) is 12.7. The Hall–Kier alpha value is -1.35. The molecule has 0 aromatic heterocycles. The number of likely N-dealkylation sites (N-methyl/N-ethyl adjacent to an activating group) is 1. The second-order valence-corrected chi connectivity index (χ2v) is 3.59. The van der Waals surface area contributed by atoms with Crippen molar-refractivity contribution in [3.05, 3.63) is 35.9 Å². The van der Waals surface area contributed by atoms with Crippen molar-refractivity contribution < 1.29 is 9.53 Å². The zero-order valence-corrected chi connectivity index (χ0v) is 9.74. The van der Waals surface area contributed by atoms with Gasteiger partial charge in [-0.05, 0) is 24.9 Å². The molecule has 0 radical (unpaired) electrons. The van der Waals surface area contributed by atoms with Gasteiger partial charge in [-0.1, -0.05) is 37.3 Å². The maximum absolute atomic E-state index is 11.1. The minimum Gasteiger partial charge on any atom is -0.465 e. The van der Waals surface area contributed by atoms with E-state index < -0.39 is 0 Å². The lowest BCUT2D eigenvalue weighted by molar-refractivity contribution is -0.142. The summed E-state index contributed by atoms with van der Waals surface area (Å²) in [5, 5.41) is 2.93. The third-order valence-electron chi connectivity index (χ3n) is 2.24. The summed E-state index contributed by atoms with van der Waals surface area (Å²) in [4.78, 5) is 11.1. The van der Waals surface area contributed by atoms with Crippen LogP contribution in [0.25, 0.3) is 0 Å². The smallest absolute Gasteiger partial charge is 0.319 e. The third kappa shape index (κ3) is 5.51. The monoisotopic (exact) mass is 221 g/mol. The van der Waals surface area contributed by atoms with Gasteiger partial charge in [0, 0.05) is 0 Å². The van der Waals surface area contributed by atoms with Gasteiger partial charge in [-0.25, -0.2) is 0 Å². The van der Waals surface area contributed by atoms with Crippen LogP contribution in [0.15, 0.2) is 30.3 Å². The number of benzene rings is 1. The van der Waals surface area contributed by atoms with E-state index in [-0.39, 0.29) is 5.97 Å². The molecule has 0 fully saturated rings. The van der Waals surface area contributed by atoms with Gasteiger partial charge in [-0.3, -0.25) is 4.79 Å². The number of carbonyl (C=O) groups excluding carboxylic acids is 1. The summed E-state index contributed by atoms with van der Waals surface area (Å²) in [6.45, 7) is 3.56. The normalized spacial score (nSPS) is 10.1. The third-order valence-corrected chi connectivity index (χ3v) is 2.24. The lowest BCUT2D eigenvalue weighted by Gasteiger charge is -2.05. The minimum atomic E-state index is -0.171. The number of rotatable bonds is 7. The molecule has 3 nitrogen and oxygen atoms in total. The molecule has 88 valence electrons. The van der Waals surface area contributed by atoms with Gasteiger partial charge in [0.1, 0.15) is 0 Å². The number of hydrogen-bond donors (Lipinski definition) is 1. The Balaban J connectivity index is 2.06. The SMILES string of the molecule is CCNCC(=O)OCCCc1ccccc1. The first-order chi connectivity index (χ1) is 7.83. The fourth-order valence-corrected chi connectivity index (χ4v) is 1.39. The average Bonchev–Trinajstić information content (AvgIpc) is 2.33. The number of ether oxygens (including phenoxy) is 1. The van der Waals surface area contributed by atoms with E-state index in [1.807, 2.05) is 25.1 Å². The van der Waals surface area contributed by atoms with Gasteiger partial charge in [-0.15, -0.1) is 0 Å². The van der Waals surface area contributed by atoms with E-state index in [1.54, 1.807) is 0 Å². The Bertz CT molecular complexity index is 298. The molecule has 0 saturated heterocycles. The molecule has 0 aliphatic heterocycles. The summed E-state index contributed by atoms with van der Waals surface area (Å²) < 4.78 is 5.06. The van der Waals surface area contributed by atoms with Crippen molar-refractivity contribution in [2.24, 2.45) is 0 Å². The molecular formula is C13H19NO2. The largest absolute Gasteiger partial charge is 0.465 e. The molecule has 0 aliphatic carbocycles. The maximum atomic E-state index is 11.1. The molecule has 3 heteroatoms. The summed E-state index contributed by atoms with van der Waals surface area (Å²) in [7, 11) is 0. The average molecular weight is 221 g/mol. The van der Waals surface area contributed by atoms with Crippen molar-refractivity contribution in [3.63, 3.8) is 0 Å². The summed E-state index contributed by atoms with van der Waals surface area (Å²) in [5.41, 5.74) is 1.28. The van der Waals surface area contributed by atoms with E-state index in [0.717, 1.165) is 19.4 Å². The van der Waals surface area contributed by atoms with Gasteiger partial charge in [0.05, 0.1) is 13.2 Å². The van der Waals surface area contributed by atoms with Crippen LogP contribution in [0.2, 0.25) is 0 Å². The van der Waals surface area contributed by atoms with Crippen LogP contribution >= 0.6 is 0 Å². The highest BCUT2D eigenvalue weighted by atomic mass is 16.5. The van der Waals surface area contributed by atoms with E-state index in [0.29, 0.717) is 13.2 Å². The fraction of sp³-hybridized carbons (Fsp3) is 0.462. The Morgan fingerprint density at radius 1 is 1.31 bits per heavy atom. The summed E-state index contributed by atoms with van der Waals surface area (Å²) >= 11 is 0. The summed E-state index contributed by atoms with van der Waals surface area (Å²) in [5.74, 6) is -0.171. The molecule has 0 spiro atoms. The topological polar surface area (TPSA) is 38.3 Å². The lowest BCUT2D eigenvalue weighted by atomic mass is 10.1. The highest BCUT2D eigenvalue weighted by Crippen LogP contribution is 2.02. The van der Waals surface area contributed by atoms with Crippen LogP contribution in [0.3, 0.4) is 0 Å². The van der Waals surface area contributed by atoms with Crippen LogP contribution in [-0.4, -0.2) is 25.7 Å². The molecule has 1 N–H and O–H groups in total. The van der Waals surface area contributed by atoms with Crippen LogP contribution < -0.4 is 5.32 Å². The second-order valence-electron chi connectivity index (χ2n) is 3.59. The predicted octanol–water partition coefficient (Wildman–Crippen LogP) is 1.77. The number of hydrogen-bond acceptors (Lipinski definition) is 3. The first-order valence-corrected chi connectivity index (χ1v) is 5.73. The molecule has 1 aromatic rings. The predicted molar refractivity (Wildman–Crippen MR) is 64.3 cm³/mol. The molecule has 0 amide bonds. The minimum absolute atomic E-state index is 0.171. The molecule has 0 saturated carbocycles. The van der Waals surface area contributed by atoms with Gasteiger partial charge < -0.3 is 10.1 Å². The number of esters is 1. The summed E-state index contributed by atoms with van der Waals surface area (Å²) in [6.07, 6.45) is 1.83. The van der Waals surface area contributed by atoms with Crippen molar-refractivity contribution in [2.75, 3.05) is 19.7 Å². The standard InChI is InChI=1S/C13H19NO2/c1-2-14-11-13(15)16-10-6-9-12-7-4-3-5-8-12/h3-5,7-8,14H,2,6,9-11H2,1H3. The van der Waals surface area contributed by atoms with E-state index >= 15 is 0 Å². The molecule has 0 unspecified atom stereocenters. The van der Waals surface area contributed by atoms with Gasteiger partial charge >= 0.3 is 5.97 Å². The quantitative estimate of drug-likeness (QED) is 0.563. The Labute approximate surface area is 96.8 Å². The number of carbonyl (C=O) groups is 1. The van der Waals surface area contributed by atoms with Crippen molar-refractivity contribution in [1.29, 1.82) is 0 Å². The molecule has 0 bridgehead atoms. The van der Waals surface area contributed by atoms with Crippen molar-refractivity contribution in [1.82, 2.24) is 5.32 Å². The lowest BCUT2D eigenvalue weighted by Crippen LogP contribution is -2.24. The maximum Gasteiger partial charge on any atom is 0.319 e. The van der Waals surface area contributed by atoms with Crippen LogP contribution in [0, 0.1) is 0 Å². The zero-order chi connectivity index (χ0) is 11.6. The molecule has 0 heterocycles. The first-order valence-electron chi connectivity index (χ1n) is 5.73. The second kappa shape index (κ2) is 7.88. The van der Waals surface area contributed by atoms with E-state index in [4.69, 9.17) is 4.74 Å². The summed E-state index contributed by atoms with van der Waals surface area (Å²) in [6, 6.07) is 10.2. The molecule has 0 atom stereocenters. The molecule has 0 aliphatic rings. The van der Waals surface area contributed by atoms with E-state index in [9.17, 15) is 4.79 Å². The zero-order valence-electron chi connectivity index (χ0n) is 9.74. The number of aryl methyl sites for hydroxylation is 1. The van der Waals surface area contributed by atoms with Crippen LogP contribution in [0.4, 0.5) is 0 Å². The van der Waals surface area contributed by atoms with E-state index in [1.165, 1.54) is 5.56 Å². The molecule has 1 rings (SSSR count). The van der Waals surface area contributed by atoms with Crippen molar-refractivity contribution in [2.45, 2.75) is 19.8 Å².